The summed E-state index contributed by atoms with van der Waals surface area (Å²) in [5.74, 6) is 0. The van der Waals surface area contributed by atoms with E-state index in [1.165, 1.54) is 21.7 Å². The van der Waals surface area contributed by atoms with Crippen LogP contribution in [0.15, 0.2) is 17.6 Å². The summed E-state index contributed by atoms with van der Waals surface area (Å²) >= 11 is 1.81. The quantitative estimate of drug-likeness (QED) is 0.852. The van der Waals surface area contributed by atoms with Crippen LogP contribution in [0.1, 0.15) is 28.1 Å². The van der Waals surface area contributed by atoms with Gasteiger partial charge in [-0.15, -0.1) is 11.3 Å². The lowest BCUT2D eigenvalue weighted by Gasteiger charge is -2.21. The first-order valence-corrected chi connectivity index (χ1v) is 7.83. The maximum atomic E-state index is 9.08. The molecule has 2 heterocycles. The molecule has 0 aliphatic rings. The molecule has 0 unspecified atom stereocenters. The summed E-state index contributed by atoms with van der Waals surface area (Å²) in [5, 5.41) is 15.5. The van der Waals surface area contributed by atoms with E-state index in [4.69, 9.17) is 5.11 Å². The summed E-state index contributed by atoms with van der Waals surface area (Å²) in [6.07, 6.45) is 2.76. The van der Waals surface area contributed by atoms with E-state index in [-0.39, 0.29) is 6.61 Å². The summed E-state index contributed by atoms with van der Waals surface area (Å²) in [6, 6.07) is 2.17. The Labute approximate surface area is 124 Å². The molecule has 0 saturated heterocycles. The van der Waals surface area contributed by atoms with Gasteiger partial charge in [-0.3, -0.25) is 9.58 Å². The van der Waals surface area contributed by atoms with Crippen molar-refractivity contribution >= 4 is 11.3 Å². The Morgan fingerprint density at radius 3 is 2.70 bits per heavy atom. The van der Waals surface area contributed by atoms with Crippen LogP contribution in [0, 0.1) is 13.8 Å². The van der Waals surface area contributed by atoms with Gasteiger partial charge in [0, 0.05) is 49.4 Å². The van der Waals surface area contributed by atoms with Crippen LogP contribution in [0.2, 0.25) is 0 Å². The van der Waals surface area contributed by atoms with E-state index in [0.29, 0.717) is 0 Å². The lowest BCUT2D eigenvalue weighted by molar-refractivity contribution is 0.213. The molecule has 20 heavy (non-hydrogen) atoms. The predicted molar refractivity (Wildman–Crippen MR) is 82.8 cm³/mol. The smallest absolute Gasteiger partial charge is 0.0537 e. The highest BCUT2D eigenvalue weighted by Crippen LogP contribution is 2.20. The van der Waals surface area contributed by atoms with Crippen LogP contribution in [-0.2, 0) is 20.1 Å². The van der Waals surface area contributed by atoms with Gasteiger partial charge < -0.3 is 5.11 Å². The monoisotopic (exact) mass is 293 g/mol. The Hall–Kier alpha value is -1.17. The van der Waals surface area contributed by atoms with Crippen molar-refractivity contribution < 1.29 is 5.11 Å². The average Bonchev–Trinajstić information content (AvgIpc) is 2.97. The summed E-state index contributed by atoms with van der Waals surface area (Å²) in [6.45, 7) is 7.23. The van der Waals surface area contributed by atoms with Crippen LogP contribution in [0.5, 0.6) is 0 Å². The molecule has 0 atom stereocenters. The van der Waals surface area contributed by atoms with Crippen LogP contribution >= 0.6 is 11.3 Å². The van der Waals surface area contributed by atoms with Crippen molar-refractivity contribution in [3.8, 4) is 0 Å². The van der Waals surface area contributed by atoms with Crippen molar-refractivity contribution in [3.63, 3.8) is 0 Å². The minimum atomic E-state index is 0.242. The first kappa shape index (κ1) is 15.2. The molecule has 0 amide bonds. The highest BCUT2D eigenvalue weighted by molar-refractivity contribution is 7.10. The molecule has 0 aliphatic carbocycles. The van der Waals surface area contributed by atoms with Gasteiger partial charge in [0.2, 0.25) is 0 Å². The summed E-state index contributed by atoms with van der Waals surface area (Å²) < 4.78 is 1.91. The molecule has 2 rings (SSSR count). The van der Waals surface area contributed by atoms with Crippen molar-refractivity contribution in [1.29, 1.82) is 0 Å². The number of rotatable bonds is 7. The third kappa shape index (κ3) is 3.69. The summed E-state index contributed by atoms with van der Waals surface area (Å²) in [4.78, 5) is 3.79. The van der Waals surface area contributed by atoms with E-state index in [1.807, 2.05) is 17.9 Å². The highest BCUT2D eigenvalue weighted by atomic mass is 32.1. The number of aryl methyl sites for hydroxylation is 2. The molecule has 0 spiro atoms. The van der Waals surface area contributed by atoms with Crippen LogP contribution in [-0.4, -0.2) is 32.9 Å². The summed E-state index contributed by atoms with van der Waals surface area (Å²) in [5.41, 5.74) is 3.83. The van der Waals surface area contributed by atoms with Crippen molar-refractivity contribution in [2.75, 3.05) is 13.2 Å². The molecule has 0 bridgehead atoms. The number of aliphatic hydroxyl groups excluding tert-OH is 1. The van der Waals surface area contributed by atoms with Gasteiger partial charge in [0.25, 0.3) is 0 Å². The van der Waals surface area contributed by atoms with Crippen molar-refractivity contribution in [2.45, 2.75) is 33.4 Å². The molecule has 0 fully saturated rings. The minimum absolute atomic E-state index is 0.242. The lowest BCUT2D eigenvalue weighted by Crippen LogP contribution is -2.24. The first-order valence-electron chi connectivity index (χ1n) is 6.95. The van der Waals surface area contributed by atoms with E-state index >= 15 is 0 Å². The van der Waals surface area contributed by atoms with Crippen molar-refractivity contribution in [3.05, 3.63) is 39.3 Å². The van der Waals surface area contributed by atoms with E-state index in [0.717, 1.165) is 26.1 Å². The number of aliphatic hydroxyl groups is 1. The lowest BCUT2D eigenvalue weighted by atomic mass is 10.2. The first-order chi connectivity index (χ1) is 9.61. The van der Waals surface area contributed by atoms with Crippen LogP contribution in [0.4, 0.5) is 0 Å². The van der Waals surface area contributed by atoms with E-state index < -0.39 is 0 Å². The molecular weight excluding hydrogens is 270 g/mol. The zero-order chi connectivity index (χ0) is 14.5. The Kier molecular flexibility index (Phi) is 5.34. The van der Waals surface area contributed by atoms with Gasteiger partial charge in [-0.05, 0) is 37.3 Å². The largest absolute Gasteiger partial charge is 0.396 e. The van der Waals surface area contributed by atoms with Gasteiger partial charge in [0.05, 0.1) is 6.20 Å². The fourth-order valence-corrected chi connectivity index (χ4v) is 3.17. The standard InChI is InChI=1S/C15H23N3OS/c1-12-5-8-20-15(12)11-18(6-4-7-19)10-14-9-16-17(3)13(14)2/h5,8-9,19H,4,6-7,10-11H2,1-3H3. The Morgan fingerprint density at radius 1 is 1.35 bits per heavy atom. The molecule has 0 aromatic carbocycles. The van der Waals surface area contributed by atoms with Gasteiger partial charge in [-0.1, -0.05) is 0 Å². The zero-order valence-corrected chi connectivity index (χ0v) is 13.3. The van der Waals surface area contributed by atoms with Crippen LogP contribution < -0.4 is 0 Å². The summed E-state index contributed by atoms with van der Waals surface area (Å²) in [7, 11) is 1.97. The molecule has 110 valence electrons. The Morgan fingerprint density at radius 2 is 2.15 bits per heavy atom. The SMILES string of the molecule is Cc1ccsc1CN(CCCO)Cc1cnn(C)c1C. The zero-order valence-electron chi connectivity index (χ0n) is 12.5. The fraction of sp³-hybridized carbons (Fsp3) is 0.533. The third-order valence-corrected chi connectivity index (χ3v) is 4.71. The number of hydrogen-bond acceptors (Lipinski definition) is 4. The van der Waals surface area contributed by atoms with Crippen molar-refractivity contribution in [1.82, 2.24) is 14.7 Å². The van der Waals surface area contributed by atoms with Gasteiger partial charge in [0.1, 0.15) is 0 Å². The molecule has 5 heteroatoms. The number of thiophene rings is 1. The topological polar surface area (TPSA) is 41.3 Å². The second kappa shape index (κ2) is 7.02. The van der Waals surface area contributed by atoms with E-state index in [9.17, 15) is 0 Å². The second-order valence-electron chi connectivity index (χ2n) is 5.19. The maximum Gasteiger partial charge on any atom is 0.0537 e. The van der Waals surface area contributed by atoms with Crippen molar-refractivity contribution in [2.24, 2.45) is 7.05 Å². The molecular formula is C15H23N3OS. The van der Waals surface area contributed by atoms with Gasteiger partial charge in [-0.25, -0.2) is 0 Å². The van der Waals surface area contributed by atoms with Gasteiger partial charge in [0.15, 0.2) is 0 Å². The van der Waals surface area contributed by atoms with Crippen LogP contribution in [0.25, 0.3) is 0 Å². The predicted octanol–water partition coefficient (Wildman–Crippen LogP) is 2.48. The fourth-order valence-electron chi connectivity index (χ4n) is 2.22. The number of aromatic nitrogens is 2. The number of hydrogen-bond donors (Lipinski definition) is 1. The molecule has 2 aromatic rings. The van der Waals surface area contributed by atoms with Crippen LogP contribution in [0.3, 0.4) is 0 Å². The molecule has 1 N–H and O–H groups in total. The molecule has 2 aromatic heterocycles. The van der Waals surface area contributed by atoms with E-state index in [1.54, 1.807) is 11.3 Å². The molecule has 0 saturated carbocycles. The van der Waals surface area contributed by atoms with Gasteiger partial charge in [-0.2, -0.15) is 5.10 Å². The average molecular weight is 293 g/mol. The molecule has 4 nitrogen and oxygen atoms in total. The second-order valence-corrected chi connectivity index (χ2v) is 6.19. The molecule has 0 radical (unpaired) electrons. The third-order valence-electron chi connectivity index (χ3n) is 3.70. The minimum Gasteiger partial charge on any atom is -0.396 e. The normalized spacial score (nSPS) is 11.4. The maximum absolute atomic E-state index is 9.08. The molecule has 0 aliphatic heterocycles. The Bertz CT molecular complexity index is 547. The Balaban J connectivity index is 2.07. The van der Waals surface area contributed by atoms with Gasteiger partial charge >= 0.3 is 0 Å². The number of nitrogens with zero attached hydrogens (tertiary/aromatic N) is 3. The highest BCUT2D eigenvalue weighted by Gasteiger charge is 2.12. The van der Waals surface area contributed by atoms with E-state index in [2.05, 4.69) is 35.3 Å².